The second-order valence-corrected chi connectivity index (χ2v) is 6.77. The fourth-order valence-electron chi connectivity index (χ4n) is 2.06. The summed E-state index contributed by atoms with van der Waals surface area (Å²) in [6, 6.07) is 6.28. The Morgan fingerprint density at radius 3 is 2.84 bits per heavy atom. The molecule has 0 unspecified atom stereocenters. The van der Waals surface area contributed by atoms with Crippen LogP contribution in [0.3, 0.4) is 0 Å². The molecule has 1 fully saturated rings. The first kappa shape index (κ1) is 14.9. The third-order valence-corrected chi connectivity index (χ3v) is 3.86. The van der Waals surface area contributed by atoms with Gasteiger partial charge in [0.25, 0.3) is 0 Å². The Balaban J connectivity index is 1.87. The molecule has 0 spiro atoms. The van der Waals surface area contributed by atoms with Gasteiger partial charge in [-0.2, -0.15) is 0 Å². The van der Waals surface area contributed by atoms with E-state index in [1.54, 1.807) is 0 Å². The molecule has 0 aromatic heterocycles. The van der Waals surface area contributed by atoms with E-state index in [-0.39, 0.29) is 0 Å². The summed E-state index contributed by atoms with van der Waals surface area (Å²) in [6.07, 6.45) is 3.99. The van der Waals surface area contributed by atoms with Gasteiger partial charge in [0.2, 0.25) is 0 Å². The van der Waals surface area contributed by atoms with E-state index in [4.69, 9.17) is 4.74 Å². The lowest BCUT2D eigenvalue weighted by Gasteiger charge is -2.13. The number of halogens is 1. The van der Waals surface area contributed by atoms with Crippen molar-refractivity contribution in [2.24, 2.45) is 11.8 Å². The number of rotatable bonds is 8. The molecule has 2 nitrogen and oxygen atoms in total. The number of benzene rings is 1. The quantitative estimate of drug-likeness (QED) is 0.766. The van der Waals surface area contributed by atoms with Gasteiger partial charge in [-0.3, -0.25) is 0 Å². The summed E-state index contributed by atoms with van der Waals surface area (Å²) in [5.41, 5.74) is 1.24. The first-order chi connectivity index (χ1) is 9.15. The van der Waals surface area contributed by atoms with Crippen LogP contribution in [0, 0.1) is 11.8 Å². The van der Waals surface area contributed by atoms with Crippen LogP contribution >= 0.6 is 15.9 Å². The van der Waals surface area contributed by atoms with Crippen molar-refractivity contribution in [2.75, 3.05) is 13.2 Å². The molecular formula is C16H24BrNO. The maximum Gasteiger partial charge on any atom is 0.123 e. The van der Waals surface area contributed by atoms with Gasteiger partial charge in [0.05, 0.1) is 6.61 Å². The van der Waals surface area contributed by atoms with Crippen molar-refractivity contribution in [3.8, 4) is 5.75 Å². The van der Waals surface area contributed by atoms with Crippen LogP contribution < -0.4 is 10.1 Å². The molecule has 0 saturated heterocycles. The van der Waals surface area contributed by atoms with Gasteiger partial charge in [-0.1, -0.05) is 42.6 Å². The lowest BCUT2D eigenvalue weighted by Crippen LogP contribution is -2.19. The summed E-state index contributed by atoms with van der Waals surface area (Å²) < 4.78 is 7.05. The van der Waals surface area contributed by atoms with Gasteiger partial charge in [0.15, 0.2) is 0 Å². The maximum absolute atomic E-state index is 5.94. The molecule has 1 aromatic rings. The Labute approximate surface area is 125 Å². The molecule has 0 amide bonds. The number of nitrogens with one attached hydrogen (secondary N) is 1. The van der Waals surface area contributed by atoms with E-state index >= 15 is 0 Å². The average Bonchev–Trinajstić information content (AvgIpc) is 3.15. The van der Waals surface area contributed by atoms with Crippen LogP contribution in [0.1, 0.15) is 38.7 Å². The Morgan fingerprint density at radius 2 is 2.16 bits per heavy atom. The first-order valence-corrected chi connectivity index (χ1v) is 8.06. The highest BCUT2D eigenvalue weighted by molar-refractivity contribution is 9.10. The van der Waals surface area contributed by atoms with E-state index in [9.17, 15) is 0 Å². The maximum atomic E-state index is 5.94. The molecule has 106 valence electrons. The van der Waals surface area contributed by atoms with Crippen LogP contribution in [0.15, 0.2) is 22.7 Å². The standard InChI is InChI=1S/C16H24BrNO/c1-12(2)10-18-11-14-9-15(17)5-6-16(14)19-8-7-13-3-4-13/h5-6,9,12-13,18H,3-4,7-8,10-11H2,1-2H3. The van der Waals surface area contributed by atoms with E-state index in [1.165, 1.54) is 24.8 Å². The van der Waals surface area contributed by atoms with Gasteiger partial charge < -0.3 is 10.1 Å². The summed E-state index contributed by atoms with van der Waals surface area (Å²) in [4.78, 5) is 0. The number of ether oxygens (including phenoxy) is 1. The van der Waals surface area contributed by atoms with Gasteiger partial charge >= 0.3 is 0 Å². The van der Waals surface area contributed by atoms with Crippen molar-refractivity contribution in [1.29, 1.82) is 0 Å². The molecule has 0 radical (unpaired) electrons. The van der Waals surface area contributed by atoms with E-state index < -0.39 is 0 Å². The largest absolute Gasteiger partial charge is 0.493 e. The minimum atomic E-state index is 0.673. The topological polar surface area (TPSA) is 21.3 Å². The van der Waals surface area contributed by atoms with Crippen LogP contribution in [0.25, 0.3) is 0 Å². The minimum Gasteiger partial charge on any atom is -0.493 e. The fourth-order valence-corrected chi connectivity index (χ4v) is 2.47. The molecule has 1 aromatic carbocycles. The molecule has 0 bridgehead atoms. The molecule has 19 heavy (non-hydrogen) atoms. The van der Waals surface area contributed by atoms with Gasteiger partial charge in [-0.15, -0.1) is 0 Å². The van der Waals surface area contributed by atoms with Gasteiger partial charge in [0.1, 0.15) is 5.75 Å². The van der Waals surface area contributed by atoms with Crippen molar-refractivity contribution < 1.29 is 4.74 Å². The van der Waals surface area contributed by atoms with E-state index in [0.717, 1.165) is 35.8 Å². The highest BCUT2D eigenvalue weighted by Gasteiger charge is 2.20. The Kier molecular flexibility index (Phi) is 5.71. The molecule has 0 aliphatic heterocycles. The second kappa shape index (κ2) is 7.30. The zero-order valence-electron chi connectivity index (χ0n) is 11.9. The number of hydrogen-bond donors (Lipinski definition) is 1. The zero-order chi connectivity index (χ0) is 13.7. The van der Waals surface area contributed by atoms with Gasteiger partial charge in [-0.25, -0.2) is 0 Å². The van der Waals surface area contributed by atoms with Crippen LogP contribution in [0.2, 0.25) is 0 Å². The van der Waals surface area contributed by atoms with Gasteiger partial charge in [0, 0.05) is 16.6 Å². The Hall–Kier alpha value is -0.540. The van der Waals surface area contributed by atoms with E-state index in [1.807, 2.05) is 0 Å². The lowest BCUT2D eigenvalue weighted by atomic mass is 10.2. The Morgan fingerprint density at radius 1 is 1.37 bits per heavy atom. The molecule has 3 heteroatoms. The average molecular weight is 326 g/mol. The molecule has 1 saturated carbocycles. The fraction of sp³-hybridized carbons (Fsp3) is 0.625. The normalized spacial score (nSPS) is 14.9. The summed E-state index contributed by atoms with van der Waals surface area (Å²) in [5, 5.41) is 3.48. The van der Waals surface area contributed by atoms with Crippen molar-refractivity contribution in [3.63, 3.8) is 0 Å². The molecular weight excluding hydrogens is 302 g/mol. The summed E-state index contributed by atoms with van der Waals surface area (Å²) in [6.45, 7) is 7.20. The number of hydrogen-bond acceptors (Lipinski definition) is 2. The molecule has 0 atom stereocenters. The van der Waals surface area contributed by atoms with Crippen LogP contribution in [0.5, 0.6) is 5.75 Å². The molecule has 1 aliphatic rings. The highest BCUT2D eigenvalue weighted by Crippen LogP contribution is 2.32. The highest BCUT2D eigenvalue weighted by atomic mass is 79.9. The minimum absolute atomic E-state index is 0.673. The third kappa shape index (κ3) is 5.53. The monoisotopic (exact) mass is 325 g/mol. The molecule has 0 heterocycles. The smallest absolute Gasteiger partial charge is 0.123 e. The van der Waals surface area contributed by atoms with Crippen LogP contribution in [0.4, 0.5) is 0 Å². The summed E-state index contributed by atoms with van der Waals surface area (Å²) >= 11 is 3.54. The van der Waals surface area contributed by atoms with Crippen molar-refractivity contribution >= 4 is 15.9 Å². The van der Waals surface area contributed by atoms with Crippen molar-refractivity contribution in [1.82, 2.24) is 5.32 Å². The Bertz CT molecular complexity index is 402. The molecule has 1 N–H and O–H groups in total. The van der Waals surface area contributed by atoms with E-state index in [2.05, 4.69) is 53.3 Å². The molecule has 1 aliphatic carbocycles. The van der Waals surface area contributed by atoms with E-state index in [0.29, 0.717) is 5.92 Å². The van der Waals surface area contributed by atoms with Crippen LogP contribution in [-0.2, 0) is 6.54 Å². The SMILES string of the molecule is CC(C)CNCc1cc(Br)ccc1OCCC1CC1. The summed E-state index contributed by atoms with van der Waals surface area (Å²) in [7, 11) is 0. The first-order valence-electron chi connectivity index (χ1n) is 7.27. The predicted octanol–water partition coefficient (Wildman–Crippen LogP) is 4.37. The predicted molar refractivity (Wildman–Crippen MR) is 83.5 cm³/mol. The lowest BCUT2D eigenvalue weighted by molar-refractivity contribution is 0.298. The van der Waals surface area contributed by atoms with Gasteiger partial charge in [-0.05, 0) is 43.0 Å². The third-order valence-electron chi connectivity index (χ3n) is 3.37. The van der Waals surface area contributed by atoms with Crippen molar-refractivity contribution in [3.05, 3.63) is 28.2 Å². The van der Waals surface area contributed by atoms with Crippen LogP contribution in [-0.4, -0.2) is 13.2 Å². The second-order valence-electron chi connectivity index (χ2n) is 5.86. The van der Waals surface area contributed by atoms with Crippen molar-refractivity contribution in [2.45, 2.75) is 39.7 Å². The zero-order valence-corrected chi connectivity index (χ0v) is 13.5. The summed E-state index contributed by atoms with van der Waals surface area (Å²) in [5.74, 6) is 2.63. The molecule has 2 rings (SSSR count).